The summed E-state index contributed by atoms with van der Waals surface area (Å²) in [4.78, 5) is 10.6. The quantitative estimate of drug-likeness (QED) is 0.364. The van der Waals surface area contributed by atoms with E-state index in [0.717, 1.165) is 17.6 Å². The Morgan fingerprint density at radius 1 is 1.23 bits per heavy atom. The minimum absolute atomic E-state index is 0. The number of likely N-dealkylation sites (N-methyl/N-ethyl adjacent to an activating group) is 1. The lowest BCUT2D eigenvalue weighted by molar-refractivity contribution is 0.292. The Bertz CT molecular complexity index is 847. The molecule has 166 valence electrons. The van der Waals surface area contributed by atoms with Crippen LogP contribution < -0.4 is 10.2 Å². The number of aryl methyl sites for hydroxylation is 1. The van der Waals surface area contributed by atoms with Gasteiger partial charge in [-0.05, 0) is 26.2 Å². The van der Waals surface area contributed by atoms with Gasteiger partial charge in [0.1, 0.15) is 11.6 Å². The van der Waals surface area contributed by atoms with Gasteiger partial charge in [-0.2, -0.15) is 5.10 Å². The van der Waals surface area contributed by atoms with Gasteiger partial charge in [-0.1, -0.05) is 0 Å². The van der Waals surface area contributed by atoms with Crippen LogP contribution in [0.25, 0.3) is 0 Å². The SMILES string of the molecule is CN=C(NCC(c1cnn(C)c1)N(C)C)N1CCN(c2cc(F)ccc2F)CC1.I. The third-order valence-corrected chi connectivity index (χ3v) is 5.23. The fraction of sp³-hybridized carbons (Fsp3) is 0.500. The van der Waals surface area contributed by atoms with Crippen molar-refractivity contribution in [1.82, 2.24) is 24.9 Å². The summed E-state index contributed by atoms with van der Waals surface area (Å²) in [5.74, 6) is -0.0146. The highest BCUT2D eigenvalue weighted by Crippen LogP contribution is 2.22. The van der Waals surface area contributed by atoms with Crippen molar-refractivity contribution < 1.29 is 8.78 Å². The Morgan fingerprint density at radius 2 is 1.93 bits per heavy atom. The maximum Gasteiger partial charge on any atom is 0.193 e. The summed E-state index contributed by atoms with van der Waals surface area (Å²) >= 11 is 0. The van der Waals surface area contributed by atoms with E-state index in [2.05, 4.69) is 25.2 Å². The number of aliphatic imine (C=N–C) groups is 1. The van der Waals surface area contributed by atoms with Gasteiger partial charge in [0.2, 0.25) is 0 Å². The molecular weight excluding hydrogens is 503 g/mol. The van der Waals surface area contributed by atoms with Gasteiger partial charge in [0.05, 0.1) is 17.9 Å². The molecule has 7 nitrogen and oxygen atoms in total. The van der Waals surface area contributed by atoms with Crippen molar-refractivity contribution in [2.75, 3.05) is 58.8 Å². The number of benzene rings is 1. The highest BCUT2D eigenvalue weighted by molar-refractivity contribution is 14.0. The van der Waals surface area contributed by atoms with E-state index in [0.29, 0.717) is 38.4 Å². The van der Waals surface area contributed by atoms with Crippen LogP contribution in [0.15, 0.2) is 35.6 Å². The minimum atomic E-state index is -0.425. The Kier molecular flexibility index (Phi) is 8.83. The van der Waals surface area contributed by atoms with Gasteiger partial charge in [0.15, 0.2) is 5.96 Å². The Hall–Kier alpha value is -1.95. The largest absolute Gasteiger partial charge is 0.366 e. The molecule has 30 heavy (non-hydrogen) atoms. The number of anilines is 1. The highest BCUT2D eigenvalue weighted by atomic mass is 127. The molecule has 2 aromatic rings. The average molecular weight is 533 g/mol. The first kappa shape index (κ1) is 24.3. The summed E-state index contributed by atoms with van der Waals surface area (Å²) < 4.78 is 29.4. The van der Waals surface area contributed by atoms with Gasteiger partial charge >= 0.3 is 0 Å². The first-order valence-electron chi connectivity index (χ1n) is 9.69. The molecule has 1 aliphatic heterocycles. The fourth-order valence-corrected chi connectivity index (χ4v) is 3.62. The van der Waals surface area contributed by atoms with Crippen LogP contribution in [-0.4, -0.2) is 79.4 Å². The lowest BCUT2D eigenvalue weighted by Gasteiger charge is -2.38. The summed E-state index contributed by atoms with van der Waals surface area (Å²) in [6.07, 6.45) is 3.89. The number of halogens is 3. The lowest BCUT2D eigenvalue weighted by Crippen LogP contribution is -2.53. The minimum Gasteiger partial charge on any atom is -0.366 e. The van der Waals surface area contributed by atoms with Crippen LogP contribution in [0.5, 0.6) is 0 Å². The van der Waals surface area contributed by atoms with Gasteiger partial charge in [-0.25, -0.2) is 8.78 Å². The zero-order valence-electron chi connectivity index (χ0n) is 17.8. The predicted molar refractivity (Wildman–Crippen MR) is 127 cm³/mol. The van der Waals surface area contributed by atoms with Gasteiger partial charge in [0.25, 0.3) is 0 Å². The number of rotatable bonds is 5. The lowest BCUT2D eigenvalue weighted by atomic mass is 10.1. The second kappa shape index (κ2) is 10.9. The number of nitrogens with one attached hydrogen (secondary N) is 1. The van der Waals surface area contributed by atoms with Crippen LogP contribution in [0.3, 0.4) is 0 Å². The summed E-state index contributed by atoms with van der Waals surface area (Å²) in [5, 5.41) is 7.71. The standard InChI is InChI=1S/C20H29F2N7.HI/c1-23-20(24-13-19(26(2)3)15-12-25-27(4)14-15)29-9-7-28(8-10-29)18-11-16(21)5-6-17(18)22;/h5-6,11-12,14,19H,7-10,13H2,1-4H3,(H,23,24);1H. The number of hydrogen-bond acceptors (Lipinski definition) is 4. The van der Waals surface area contributed by atoms with Crippen molar-refractivity contribution in [1.29, 1.82) is 0 Å². The van der Waals surface area contributed by atoms with E-state index in [4.69, 9.17) is 0 Å². The fourth-order valence-electron chi connectivity index (χ4n) is 3.62. The van der Waals surface area contributed by atoms with E-state index in [1.54, 1.807) is 11.7 Å². The van der Waals surface area contributed by atoms with Crippen molar-refractivity contribution in [3.63, 3.8) is 0 Å². The summed E-state index contributed by atoms with van der Waals surface area (Å²) in [5.41, 5.74) is 1.45. The molecule has 0 amide bonds. The van der Waals surface area contributed by atoms with E-state index < -0.39 is 11.6 Å². The Labute approximate surface area is 193 Å². The van der Waals surface area contributed by atoms with E-state index >= 15 is 0 Å². The molecule has 1 aliphatic rings. The van der Waals surface area contributed by atoms with Crippen LogP contribution in [0.4, 0.5) is 14.5 Å². The van der Waals surface area contributed by atoms with Gasteiger partial charge in [-0.3, -0.25) is 9.67 Å². The molecule has 1 fully saturated rings. The topological polar surface area (TPSA) is 51.9 Å². The third kappa shape index (κ3) is 5.81. The molecule has 1 saturated heterocycles. The maximum atomic E-state index is 14.1. The van der Waals surface area contributed by atoms with Crippen LogP contribution in [-0.2, 0) is 7.05 Å². The number of aromatic nitrogens is 2. The van der Waals surface area contributed by atoms with Gasteiger partial charge in [0, 0.05) is 64.6 Å². The molecule has 1 unspecified atom stereocenters. The molecule has 2 heterocycles. The number of guanidine groups is 1. The third-order valence-electron chi connectivity index (χ3n) is 5.23. The van der Waals surface area contributed by atoms with Crippen LogP contribution in [0.1, 0.15) is 11.6 Å². The normalized spacial score (nSPS) is 15.9. The predicted octanol–water partition coefficient (Wildman–Crippen LogP) is 2.32. The second-order valence-electron chi connectivity index (χ2n) is 7.42. The zero-order chi connectivity index (χ0) is 21.0. The maximum absolute atomic E-state index is 14.1. The molecule has 3 rings (SSSR count). The van der Waals surface area contributed by atoms with Crippen molar-refractivity contribution in [2.24, 2.45) is 12.0 Å². The second-order valence-corrected chi connectivity index (χ2v) is 7.42. The van der Waals surface area contributed by atoms with Crippen molar-refractivity contribution >= 4 is 35.6 Å². The molecular formula is C20H30F2IN7. The average Bonchev–Trinajstić information content (AvgIpc) is 3.13. The summed E-state index contributed by atoms with van der Waals surface area (Å²) in [6.45, 7) is 3.23. The van der Waals surface area contributed by atoms with Crippen molar-refractivity contribution in [2.45, 2.75) is 6.04 Å². The zero-order valence-corrected chi connectivity index (χ0v) is 20.2. The number of nitrogens with zero attached hydrogens (tertiary/aromatic N) is 6. The molecule has 1 atom stereocenters. The van der Waals surface area contributed by atoms with Crippen molar-refractivity contribution in [3.05, 3.63) is 47.8 Å². The smallest absolute Gasteiger partial charge is 0.193 e. The molecule has 0 radical (unpaired) electrons. The molecule has 0 aliphatic carbocycles. The van der Waals surface area contributed by atoms with E-state index in [-0.39, 0.29) is 30.0 Å². The molecule has 1 aromatic carbocycles. The van der Waals surface area contributed by atoms with E-state index in [1.165, 1.54) is 12.1 Å². The molecule has 1 aromatic heterocycles. The summed E-state index contributed by atoms with van der Waals surface area (Å²) in [7, 11) is 7.74. The van der Waals surface area contributed by atoms with Gasteiger partial charge in [-0.15, -0.1) is 24.0 Å². The Morgan fingerprint density at radius 3 is 2.50 bits per heavy atom. The Balaban J connectivity index is 0.00000320. The van der Waals surface area contributed by atoms with Gasteiger partial charge < -0.3 is 20.0 Å². The molecule has 0 spiro atoms. The van der Waals surface area contributed by atoms with E-state index in [1.807, 2.05) is 38.4 Å². The van der Waals surface area contributed by atoms with E-state index in [9.17, 15) is 8.78 Å². The summed E-state index contributed by atoms with van der Waals surface area (Å²) in [6, 6.07) is 3.73. The monoisotopic (exact) mass is 533 g/mol. The number of piperazine rings is 1. The van der Waals surface area contributed by atoms with Crippen LogP contribution >= 0.6 is 24.0 Å². The molecule has 1 N–H and O–H groups in total. The first-order chi connectivity index (χ1) is 13.9. The molecule has 0 bridgehead atoms. The number of hydrogen-bond donors (Lipinski definition) is 1. The molecule has 0 saturated carbocycles. The first-order valence-corrected chi connectivity index (χ1v) is 9.69. The van der Waals surface area contributed by atoms with Crippen molar-refractivity contribution in [3.8, 4) is 0 Å². The highest BCUT2D eigenvalue weighted by Gasteiger charge is 2.23. The van der Waals surface area contributed by atoms with Crippen LogP contribution in [0, 0.1) is 11.6 Å². The van der Waals surface area contributed by atoms with Crippen LogP contribution in [0.2, 0.25) is 0 Å². The molecule has 10 heteroatoms.